The molecule has 0 aliphatic heterocycles. The van der Waals surface area contributed by atoms with Gasteiger partial charge in [-0.25, -0.2) is 16.8 Å². The van der Waals surface area contributed by atoms with Crippen molar-refractivity contribution in [3.63, 3.8) is 0 Å². The van der Waals surface area contributed by atoms with Gasteiger partial charge in [0.2, 0.25) is 9.84 Å². The second kappa shape index (κ2) is 8.71. The van der Waals surface area contributed by atoms with Gasteiger partial charge < -0.3 is 9.84 Å². The third kappa shape index (κ3) is 4.61. The van der Waals surface area contributed by atoms with Crippen LogP contribution >= 0.6 is 0 Å². The molecule has 0 bridgehead atoms. The van der Waals surface area contributed by atoms with Crippen LogP contribution in [0.4, 0.5) is 11.4 Å². The lowest BCUT2D eigenvalue weighted by molar-refractivity contribution is -0.385. The first kappa shape index (κ1) is 24.0. The monoisotopic (exact) mass is 492 g/mol. The van der Waals surface area contributed by atoms with Crippen LogP contribution in [0.5, 0.6) is 11.5 Å². The molecule has 3 aromatic carbocycles. The molecule has 174 valence electrons. The van der Waals surface area contributed by atoms with E-state index in [0.29, 0.717) is 5.75 Å². The average molecular weight is 493 g/mol. The molecule has 33 heavy (non-hydrogen) atoms. The van der Waals surface area contributed by atoms with Gasteiger partial charge in [-0.2, -0.15) is 0 Å². The lowest BCUT2D eigenvalue weighted by Gasteiger charge is -2.17. The molecular weight excluding hydrogens is 472 g/mol. The molecule has 0 aliphatic carbocycles. The maximum absolute atomic E-state index is 13.3. The highest BCUT2D eigenvalue weighted by atomic mass is 32.2. The van der Waals surface area contributed by atoms with E-state index in [1.165, 1.54) is 63.4 Å². The Labute approximate surface area is 190 Å². The van der Waals surface area contributed by atoms with Crippen molar-refractivity contribution < 1.29 is 31.6 Å². The van der Waals surface area contributed by atoms with Crippen molar-refractivity contribution in [1.82, 2.24) is 0 Å². The van der Waals surface area contributed by atoms with Crippen LogP contribution in [-0.4, -0.2) is 34.0 Å². The number of ether oxygens (including phenoxy) is 1. The summed E-state index contributed by atoms with van der Waals surface area (Å²) in [6.07, 6.45) is 0. The number of anilines is 1. The molecule has 0 saturated heterocycles. The summed E-state index contributed by atoms with van der Waals surface area (Å²) in [6.45, 7) is 2.77. The second-order valence-electron chi connectivity index (χ2n) is 7.08. The Bertz CT molecular complexity index is 1450. The molecular formula is C21H20N2O8S2. The van der Waals surface area contributed by atoms with E-state index in [4.69, 9.17) is 4.74 Å². The maximum Gasteiger partial charge on any atom is 0.270 e. The largest absolute Gasteiger partial charge is 0.506 e. The molecule has 3 aromatic rings. The number of hydrogen-bond donors (Lipinski definition) is 2. The molecule has 0 heterocycles. The summed E-state index contributed by atoms with van der Waals surface area (Å²) in [4.78, 5) is 9.31. The average Bonchev–Trinajstić information content (AvgIpc) is 2.77. The maximum atomic E-state index is 13.3. The zero-order valence-corrected chi connectivity index (χ0v) is 19.4. The molecule has 3 rings (SSSR count). The zero-order valence-electron chi connectivity index (χ0n) is 17.8. The number of benzene rings is 3. The van der Waals surface area contributed by atoms with Crippen molar-refractivity contribution in [3.05, 3.63) is 75.8 Å². The fraction of sp³-hybridized carbons (Fsp3) is 0.143. The fourth-order valence-corrected chi connectivity index (χ4v) is 5.96. The number of aryl methyl sites for hydroxylation is 1. The topological polar surface area (TPSA) is 153 Å². The number of rotatable bonds is 7. The lowest BCUT2D eigenvalue weighted by Crippen LogP contribution is -2.16. The Hall–Kier alpha value is -3.64. The lowest BCUT2D eigenvalue weighted by atomic mass is 10.1. The van der Waals surface area contributed by atoms with Crippen LogP contribution in [-0.2, 0) is 19.9 Å². The number of sulfone groups is 1. The summed E-state index contributed by atoms with van der Waals surface area (Å²) in [5.74, 6) is -0.0776. The number of nitrogens with one attached hydrogen (secondary N) is 1. The van der Waals surface area contributed by atoms with E-state index in [9.17, 15) is 32.1 Å². The molecule has 10 nitrogen and oxygen atoms in total. The summed E-state index contributed by atoms with van der Waals surface area (Å²) in [5, 5.41) is 21.6. The van der Waals surface area contributed by atoms with Gasteiger partial charge in [0.15, 0.2) is 0 Å². The number of nitro benzene ring substituents is 1. The van der Waals surface area contributed by atoms with Gasteiger partial charge in [-0.1, -0.05) is 6.07 Å². The van der Waals surface area contributed by atoms with Crippen molar-refractivity contribution in [3.8, 4) is 11.5 Å². The predicted octanol–water partition coefficient (Wildman–Crippen LogP) is 3.56. The van der Waals surface area contributed by atoms with E-state index in [1.807, 2.05) is 0 Å². The fourth-order valence-electron chi connectivity index (χ4n) is 3.15. The third-order valence-corrected chi connectivity index (χ3v) is 8.21. The number of nitro groups is 1. The van der Waals surface area contributed by atoms with Crippen LogP contribution < -0.4 is 9.46 Å². The highest BCUT2D eigenvalue weighted by Crippen LogP contribution is 2.39. The molecule has 0 amide bonds. The molecule has 0 radical (unpaired) electrons. The summed E-state index contributed by atoms with van der Waals surface area (Å²) < 4.78 is 59.6. The quantitative estimate of drug-likeness (QED) is 0.288. The van der Waals surface area contributed by atoms with Gasteiger partial charge >= 0.3 is 0 Å². The summed E-state index contributed by atoms with van der Waals surface area (Å²) in [6, 6.07) is 11.2. The number of nitrogens with zero attached hydrogens (tertiary/aromatic N) is 1. The summed E-state index contributed by atoms with van der Waals surface area (Å²) >= 11 is 0. The van der Waals surface area contributed by atoms with E-state index in [0.717, 1.165) is 12.1 Å². The Kier molecular flexibility index (Phi) is 6.34. The molecule has 0 aliphatic rings. The van der Waals surface area contributed by atoms with Crippen molar-refractivity contribution in [1.29, 1.82) is 0 Å². The number of methoxy groups -OCH3 is 1. The Morgan fingerprint density at radius 2 is 1.61 bits per heavy atom. The molecule has 0 saturated carbocycles. The number of sulfonamides is 1. The zero-order chi connectivity index (χ0) is 24.6. The summed E-state index contributed by atoms with van der Waals surface area (Å²) in [7, 11) is -7.11. The highest BCUT2D eigenvalue weighted by Gasteiger charge is 2.28. The SMILES string of the molecule is COc1ccc(S(=O)(=O)c2c(C)c(NS(=O)(=O)c3cccc([N+](=O)[O-])c3)cc(C)c2O)cc1. The second-order valence-corrected chi connectivity index (χ2v) is 10.7. The van der Waals surface area contributed by atoms with E-state index in [2.05, 4.69) is 4.72 Å². The molecule has 0 atom stereocenters. The van der Waals surface area contributed by atoms with Crippen molar-refractivity contribution in [2.24, 2.45) is 0 Å². The molecule has 0 fully saturated rings. The molecule has 0 aromatic heterocycles. The Balaban J connectivity index is 2.12. The minimum atomic E-state index is -4.30. The standard InChI is InChI=1S/C21H20N2O8S2/c1-13-11-19(22-33(29,30)18-6-4-5-15(12-18)23(25)26)14(2)21(20(13)24)32(27,28)17-9-7-16(31-3)8-10-17/h4-12,22,24H,1-3H3. The van der Waals surface area contributed by atoms with E-state index >= 15 is 0 Å². The smallest absolute Gasteiger partial charge is 0.270 e. The van der Waals surface area contributed by atoms with Gasteiger partial charge in [0.25, 0.3) is 15.7 Å². The Morgan fingerprint density at radius 1 is 0.970 bits per heavy atom. The number of aromatic hydroxyl groups is 1. The highest BCUT2D eigenvalue weighted by molar-refractivity contribution is 7.93. The summed E-state index contributed by atoms with van der Waals surface area (Å²) in [5.41, 5.74) is -0.435. The predicted molar refractivity (Wildman–Crippen MR) is 120 cm³/mol. The molecule has 0 unspecified atom stereocenters. The van der Waals surface area contributed by atoms with Gasteiger partial charge in [-0.3, -0.25) is 14.8 Å². The van der Waals surface area contributed by atoms with Crippen LogP contribution in [0.3, 0.4) is 0 Å². The van der Waals surface area contributed by atoms with Crippen molar-refractivity contribution >= 4 is 31.2 Å². The third-order valence-electron chi connectivity index (χ3n) is 4.92. The van der Waals surface area contributed by atoms with E-state index in [-0.39, 0.29) is 26.6 Å². The van der Waals surface area contributed by atoms with Crippen LogP contribution in [0.1, 0.15) is 11.1 Å². The molecule has 2 N–H and O–H groups in total. The van der Waals surface area contributed by atoms with Crippen LogP contribution in [0, 0.1) is 24.0 Å². The Morgan fingerprint density at radius 3 is 2.18 bits per heavy atom. The first-order chi connectivity index (χ1) is 15.4. The van der Waals surface area contributed by atoms with Gasteiger partial charge in [0.1, 0.15) is 16.4 Å². The van der Waals surface area contributed by atoms with E-state index in [1.54, 1.807) is 0 Å². The van der Waals surface area contributed by atoms with Gasteiger partial charge in [0, 0.05) is 12.1 Å². The molecule has 0 spiro atoms. The van der Waals surface area contributed by atoms with Crippen LogP contribution in [0.25, 0.3) is 0 Å². The van der Waals surface area contributed by atoms with Gasteiger partial charge in [-0.05, 0) is 61.4 Å². The normalized spacial score (nSPS) is 11.7. The number of non-ortho nitro benzene ring substituents is 1. The van der Waals surface area contributed by atoms with Crippen molar-refractivity contribution in [2.75, 3.05) is 11.8 Å². The van der Waals surface area contributed by atoms with E-state index < -0.39 is 41.1 Å². The van der Waals surface area contributed by atoms with Crippen molar-refractivity contribution in [2.45, 2.75) is 28.5 Å². The minimum Gasteiger partial charge on any atom is -0.506 e. The first-order valence-electron chi connectivity index (χ1n) is 9.38. The number of phenols is 1. The van der Waals surface area contributed by atoms with Crippen LogP contribution in [0.2, 0.25) is 0 Å². The number of phenolic OH excluding ortho intramolecular Hbond substituents is 1. The number of hydrogen-bond acceptors (Lipinski definition) is 8. The first-order valence-corrected chi connectivity index (χ1v) is 12.3. The molecule has 12 heteroatoms. The van der Waals surface area contributed by atoms with Gasteiger partial charge in [-0.15, -0.1) is 0 Å². The minimum absolute atomic E-state index is 0.0390. The van der Waals surface area contributed by atoms with Gasteiger partial charge in [0.05, 0.1) is 27.5 Å². The van der Waals surface area contributed by atoms with Crippen LogP contribution in [0.15, 0.2) is 69.3 Å².